The van der Waals surface area contributed by atoms with Gasteiger partial charge in [0.25, 0.3) is 0 Å². The van der Waals surface area contributed by atoms with Gasteiger partial charge in [0.05, 0.1) is 12.2 Å². The molecule has 1 aromatic rings. The quantitative estimate of drug-likeness (QED) is 0.851. The van der Waals surface area contributed by atoms with Crippen molar-refractivity contribution >= 4 is 0 Å². The zero-order valence-electron chi connectivity index (χ0n) is 11.8. The molecule has 0 unspecified atom stereocenters. The van der Waals surface area contributed by atoms with E-state index in [0.717, 1.165) is 5.56 Å². The van der Waals surface area contributed by atoms with Gasteiger partial charge in [-0.05, 0) is 5.56 Å². The molecule has 0 aromatic heterocycles. The van der Waals surface area contributed by atoms with Crippen LogP contribution in [0.1, 0.15) is 12.5 Å². The Hall–Kier alpha value is -3.27. The number of hydrogen-bond donors (Lipinski definition) is 1. The second kappa shape index (κ2) is 6.01. The van der Waals surface area contributed by atoms with E-state index >= 15 is 0 Å². The zero-order chi connectivity index (χ0) is 16.2. The molecule has 1 heterocycles. The largest absolute Gasteiger partial charge is 0.442 e. The molecular formula is C16H12N4O2. The lowest BCUT2D eigenvalue weighted by molar-refractivity contribution is -0.173. The molecule has 0 saturated carbocycles. The number of rotatable bonds is 3. The summed E-state index contributed by atoms with van der Waals surface area (Å²) in [5.41, 5.74) is 6.31. The Labute approximate surface area is 127 Å². The molecule has 0 bridgehead atoms. The van der Waals surface area contributed by atoms with Crippen LogP contribution in [-0.2, 0) is 16.1 Å². The lowest BCUT2D eigenvalue weighted by Gasteiger charge is -2.26. The van der Waals surface area contributed by atoms with E-state index in [-0.39, 0.29) is 29.2 Å². The summed E-state index contributed by atoms with van der Waals surface area (Å²) < 4.78 is 11.1. The summed E-state index contributed by atoms with van der Waals surface area (Å²) in [5.74, 6) is -1.61. The van der Waals surface area contributed by atoms with Gasteiger partial charge in [-0.15, -0.1) is 0 Å². The highest BCUT2D eigenvalue weighted by Crippen LogP contribution is 2.40. The fourth-order valence-corrected chi connectivity index (χ4v) is 2.16. The molecule has 0 radical (unpaired) electrons. The van der Waals surface area contributed by atoms with Crippen molar-refractivity contribution in [2.75, 3.05) is 0 Å². The van der Waals surface area contributed by atoms with Gasteiger partial charge >= 0.3 is 0 Å². The zero-order valence-corrected chi connectivity index (χ0v) is 11.8. The van der Waals surface area contributed by atoms with E-state index in [9.17, 15) is 5.26 Å². The van der Waals surface area contributed by atoms with Crippen molar-refractivity contribution in [1.82, 2.24) is 0 Å². The normalized spacial score (nSPS) is 19.8. The molecule has 2 rings (SSSR count). The minimum Gasteiger partial charge on any atom is -0.442 e. The summed E-state index contributed by atoms with van der Waals surface area (Å²) in [6, 6.07) is 14.7. The summed E-state index contributed by atoms with van der Waals surface area (Å²) in [7, 11) is 0. The first-order valence-corrected chi connectivity index (χ1v) is 6.37. The van der Waals surface area contributed by atoms with Crippen LogP contribution in [0.5, 0.6) is 0 Å². The van der Waals surface area contributed by atoms with Crippen LogP contribution < -0.4 is 5.73 Å². The third-order valence-electron chi connectivity index (χ3n) is 3.20. The highest BCUT2D eigenvalue weighted by Gasteiger charge is 2.45. The molecule has 0 amide bonds. The van der Waals surface area contributed by atoms with Crippen molar-refractivity contribution in [3.05, 3.63) is 58.5 Å². The Morgan fingerprint density at radius 2 is 1.86 bits per heavy atom. The molecule has 6 nitrogen and oxygen atoms in total. The first-order chi connectivity index (χ1) is 10.6. The fourth-order valence-electron chi connectivity index (χ4n) is 2.16. The van der Waals surface area contributed by atoms with Gasteiger partial charge in [-0.1, -0.05) is 30.3 Å². The van der Waals surface area contributed by atoms with Gasteiger partial charge in [-0.2, -0.15) is 15.8 Å². The van der Waals surface area contributed by atoms with Crippen molar-refractivity contribution in [1.29, 1.82) is 15.8 Å². The topological polar surface area (TPSA) is 116 Å². The van der Waals surface area contributed by atoms with E-state index < -0.39 is 5.79 Å². The Bertz CT molecular complexity index is 759. The SMILES string of the molecule is C[C@@]1(OCc2ccccc2)OC(N)=C(C#N)C1=C(C#N)C#N. The molecule has 0 saturated heterocycles. The summed E-state index contributed by atoms with van der Waals surface area (Å²) in [6.07, 6.45) is 0. The Morgan fingerprint density at radius 1 is 1.23 bits per heavy atom. The van der Waals surface area contributed by atoms with E-state index in [1.165, 1.54) is 6.92 Å². The van der Waals surface area contributed by atoms with E-state index in [4.69, 9.17) is 25.7 Å². The average molecular weight is 292 g/mol. The van der Waals surface area contributed by atoms with E-state index in [1.807, 2.05) is 36.4 Å². The summed E-state index contributed by atoms with van der Waals surface area (Å²) in [5, 5.41) is 27.4. The van der Waals surface area contributed by atoms with Crippen LogP contribution in [0, 0.1) is 34.0 Å². The number of nitrogens with two attached hydrogens (primary N) is 1. The van der Waals surface area contributed by atoms with Gasteiger partial charge in [0, 0.05) is 6.92 Å². The van der Waals surface area contributed by atoms with Crippen LogP contribution >= 0.6 is 0 Å². The summed E-state index contributed by atoms with van der Waals surface area (Å²) in [4.78, 5) is 0. The Kier molecular flexibility index (Phi) is 4.13. The maximum Gasteiger partial charge on any atom is 0.240 e. The van der Waals surface area contributed by atoms with Crippen LogP contribution in [0.3, 0.4) is 0 Å². The molecule has 0 aliphatic carbocycles. The number of nitriles is 3. The average Bonchev–Trinajstić information content (AvgIpc) is 2.79. The molecule has 1 aliphatic rings. The molecule has 108 valence electrons. The molecule has 0 spiro atoms. The van der Waals surface area contributed by atoms with E-state index in [0.29, 0.717) is 0 Å². The second-order valence-corrected chi connectivity index (χ2v) is 4.65. The minimum absolute atomic E-state index is 0.0475. The first-order valence-electron chi connectivity index (χ1n) is 6.37. The van der Waals surface area contributed by atoms with E-state index in [1.54, 1.807) is 12.1 Å². The van der Waals surface area contributed by atoms with Crippen molar-refractivity contribution in [2.24, 2.45) is 5.73 Å². The highest BCUT2D eigenvalue weighted by atomic mass is 16.7. The molecule has 6 heteroatoms. The number of allylic oxidation sites excluding steroid dienone is 1. The third-order valence-corrected chi connectivity index (χ3v) is 3.20. The third kappa shape index (κ3) is 2.62. The lowest BCUT2D eigenvalue weighted by Crippen LogP contribution is -2.32. The Morgan fingerprint density at radius 3 is 2.41 bits per heavy atom. The molecular weight excluding hydrogens is 280 g/mol. The van der Waals surface area contributed by atoms with Gasteiger partial charge in [0.15, 0.2) is 0 Å². The molecule has 0 fully saturated rings. The van der Waals surface area contributed by atoms with Crippen molar-refractivity contribution in [3.63, 3.8) is 0 Å². The first kappa shape index (κ1) is 15.1. The van der Waals surface area contributed by atoms with Gasteiger partial charge in [-0.25, -0.2) is 0 Å². The van der Waals surface area contributed by atoms with Crippen LogP contribution in [0.25, 0.3) is 0 Å². The standard InChI is InChI=1S/C16H12N4O2/c1-16(21-10-11-5-3-2-4-6-11)14(12(7-17)8-18)13(9-19)15(20)22-16/h2-6H,10,20H2,1H3/t16-/m1/s1. The minimum atomic E-state index is -1.45. The number of hydrogen-bond acceptors (Lipinski definition) is 6. The Balaban J connectivity index is 2.38. The van der Waals surface area contributed by atoms with Crippen LogP contribution in [0.4, 0.5) is 0 Å². The maximum absolute atomic E-state index is 9.19. The maximum atomic E-state index is 9.19. The molecule has 2 N–H and O–H groups in total. The predicted molar refractivity (Wildman–Crippen MR) is 75.8 cm³/mol. The smallest absolute Gasteiger partial charge is 0.240 e. The van der Waals surface area contributed by atoms with Crippen LogP contribution in [0.15, 0.2) is 52.9 Å². The monoisotopic (exact) mass is 292 g/mol. The van der Waals surface area contributed by atoms with Gasteiger partial charge < -0.3 is 15.2 Å². The number of benzene rings is 1. The molecule has 22 heavy (non-hydrogen) atoms. The number of nitrogens with zero attached hydrogens (tertiary/aromatic N) is 3. The van der Waals surface area contributed by atoms with Crippen molar-refractivity contribution in [3.8, 4) is 18.2 Å². The second-order valence-electron chi connectivity index (χ2n) is 4.65. The van der Waals surface area contributed by atoms with Crippen LogP contribution in [0.2, 0.25) is 0 Å². The van der Waals surface area contributed by atoms with Crippen LogP contribution in [-0.4, -0.2) is 5.79 Å². The van der Waals surface area contributed by atoms with Crippen molar-refractivity contribution in [2.45, 2.75) is 19.3 Å². The molecule has 1 aliphatic heterocycles. The van der Waals surface area contributed by atoms with Crippen molar-refractivity contribution < 1.29 is 9.47 Å². The van der Waals surface area contributed by atoms with Gasteiger partial charge in [-0.3, -0.25) is 0 Å². The molecule has 1 atom stereocenters. The lowest BCUT2D eigenvalue weighted by atomic mass is 9.96. The highest BCUT2D eigenvalue weighted by molar-refractivity contribution is 5.59. The predicted octanol–water partition coefficient (Wildman–Crippen LogP) is 1.99. The fraction of sp³-hybridized carbons (Fsp3) is 0.188. The summed E-state index contributed by atoms with van der Waals surface area (Å²) in [6.45, 7) is 1.70. The van der Waals surface area contributed by atoms with E-state index in [2.05, 4.69) is 0 Å². The summed E-state index contributed by atoms with van der Waals surface area (Å²) >= 11 is 0. The van der Waals surface area contributed by atoms with Gasteiger partial charge in [0.1, 0.15) is 29.4 Å². The molecule has 1 aromatic carbocycles. The number of ether oxygens (including phenoxy) is 2. The van der Waals surface area contributed by atoms with Gasteiger partial charge in [0.2, 0.25) is 11.7 Å².